The fourth-order valence-electron chi connectivity index (χ4n) is 11.1. The van der Waals surface area contributed by atoms with Crippen LogP contribution in [0.15, 0.2) is 60.7 Å². The number of ether oxygens (including phenoxy) is 1. The van der Waals surface area contributed by atoms with Crippen LogP contribution in [0.3, 0.4) is 0 Å². The summed E-state index contributed by atoms with van der Waals surface area (Å²) in [5.41, 5.74) is 6.60. The van der Waals surface area contributed by atoms with E-state index in [1.54, 1.807) is 19.1 Å². The number of carbonyl (C=O) groups is 2. The quantitative estimate of drug-likeness (QED) is 0.159. The van der Waals surface area contributed by atoms with E-state index in [0.717, 1.165) is 41.8 Å². The number of aliphatic hydroxyl groups is 2. The first-order chi connectivity index (χ1) is 28.5. The number of carbonyl (C=O) groups excluding carboxylic acids is 2. The summed E-state index contributed by atoms with van der Waals surface area (Å²) >= 11 is 0. The minimum absolute atomic E-state index is 0.0338. The van der Waals surface area contributed by atoms with Gasteiger partial charge in [-0.15, -0.1) is 0 Å². The molecule has 60 heavy (non-hydrogen) atoms. The lowest BCUT2D eigenvalue weighted by molar-refractivity contribution is -0.183. The van der Waals surface area contributed by atoms with Gasteiger partial charge in [0.1, 0.15) is 17.9 Å². The minimum atomic E-state index is -0.904. The smallest absolute Gasteiger partial charge is 0.251 e. The largest absolute Gasteiger partial charge is 0.496 e. The van der Waals surface area contributed by atoms with Gasteiger partial charge in [0.25, 0.3) is 5.91 Å². The highest BCUT2D eigenvalue weighted by Crippen LogP contribution is 2.61. The summed E-state index contributed by atoms with van der Waals surface area (Å²) in [6.07, 6.45) is 1.28. The number of hydrogen-bond donors (Lipinski definition) is 4. The van der Waals surface area contributed by atoms with Crippen molar-refractivity contribution in [2.75, 3.05) is 71.8 Å². The molecular formula is C48H68N6O6. The van der Waals surface area contributed by atoms with E-state index in [9.17, 15) is 19.8 Å². The maximum absolute atomic E-state index is 14.4. The van der Waals surface area contributed by atoms with E-state index < -0.39 is 24.2 Å². The molecule has 2 aliphatic heterocycles. The number of benzene rings is 3. The number of para-hydroxylation sites is 2. The number of rotatable bonds is 15. The van der Waals surface area contributed by atoms with Crippen molar-refractivity contribution < 1.29 is 29.4 Å². The number of hydroxylamine groups is 2. The molecule has 12 heteroatoms. The van der Waals surface area contributed by atoms with Crippen molar-refractivity contribution in [1.82, 2.24) is 20.6 Å². The van der Waals surface area contributed by atoms with Crippen LogP contribution in [0.2, 0.25) is 0 Å². The third-order valence-corrected chi connectivity index (χ3v) is 14.5. The summed E-state index contributed by atoms with van der Waals surface area (Å²) in [5, 5.41) is 29.8. The third kappa shape index (κ3) is 8.50. The van der Waals surface area contributed by atoms with Gasteiger partial charge < -0.3 is 40.3 Å². The Labute approximate surface area is 357 Å². The molecule has 2 amide bonds. The monoisotopic (exact) mass is 825 g/mol. The summed E-state index contributed by atoms with van der Waals surface area (Å²) in [7, 11) is 11.7. The van der Waals surface area contributed by atoms with Crippen molar-refractivity contribution in [3.63, 3.8) is 0 Å². The summed E-state index contributed by atoms with van der Waals surface area (Å²) in [6, 6.07) is 19.4. The maximum atomic E-state index is 14.4. The van der Waals surface area contributed by atoms with Gasteiger partial charge in [-0.2, -0.15) is 5.06 Å². The van der Waals surface area contributed by atoms with Crippen LogP contribution in [0.25, 0.3) is 11.1 Å². The molecule has 4 N–H and O–H groups in total. The van der Waals surface area contributed by atoms with Crippen molar-refractivity contribution >= 4 is 23.2 Å². The van der Waals surface area contributed by atoms with Gasteiger partial charge in [-0.3, -0.25) is 14.4 Å². The maximum Gasteiger partial charge on any atom is 0.251 e. The Kier molecular flexibility index (Phi) is 12.9. The van der Waals surface area contributed by atoms with Crippen molar-refractivity contribution in [2.24, 2.45) is 29.1 Å². The normalized spacial score (nSPS) is 27.9. The number of likely N-dealkylation sites (N-methyl/N-ethyl adjacent to an activating group) is 2. The number of amides is 2. The second-order valence-electron chi connectivity index (χ2n) is 19.2. The Morgan fingerprint density at radius 3 is 2.45 bits per heavy atom. The van der Waals surface area contributed by atoms with Crippen molar-refractivity contribution in [2.45, 2.75) is 89.8 Å². The molecule has 2 bridgehead atoms. The summed E-state index contributed by atoms with van der Waals surface area (Å²) in [4.78, 5) is 41.4. The zero-order chi connectivity index (χ0) is 43.2. The van der Waals surface area contributed by atoms with Crippen LogP contribution in [0.5, 0.6) is 5.75 Å². The predicted molar refractivity (Wildman–Crippen MR) is 237 cm³/mol. The molecule has 3 aliphatic carbocycles. The van der Waals surface area contributed by atoms with E-state index in [0.29, 0.717) is 41.5 Å². The van der Waals surface area contributed by atoms with Crippen molar-refractivity contribution in [3.05, 3.63) is 77.4 Å². The van der Waals surface area contributed by atoms with Crippen molar-refractivity contribution in [3.8, 4) is 16.9 Å². The Hall–Kier alpha value is -4.20. The average Bonchev–Trinajstić information content (AvgIpc) is 3.74. The predicted octanol–water partition coefficient (Wildman–Crippen LogP) is 5.37. The molecule has 1 unspecified atom stereocenters. The Morgan fingerprint density at radius 1 is 1.05 bits per heavy atom. The molecule has 12 nitrogen and oxygen atoms in total. The van der Waals surface area contributed by atoms with E-state index in [2.05, 4.69) is 72.5 Å². The highest BCUT2D eigenvalue weighted by Gasteiger charge is 2.57. The zero-order valence-corrected chi connectivity index (χ0v) is 37.3. The molecule has 10 atom stereocenters. The number of fused-ring (bicyclic) bond motifs is 3. The molecule has 2 heterocycles. The fraction of sp³-hybridized carbons (Fsp3) is 0.583. The minimum Gasteiger partial charge on any atom is -0.496 e. The molecule has 3 aromatic carbocycles. The van der Waals surface area contributed by atoms with E-state index in [4.69, 9.17) is 9.57 Å². The van der Waals surface area contributed by atoms with Crippen LogP contribution < -0.4 is 25.2 Å². The molecule has 0 radical (unpaired) electrons. The van der Waals surface area contributed by atoms with Gasteiger partial charge in [0, 0.05) is 86.2 Å². The third-order valence-electron chi connectivity index (χ3n) is 14.5. The van der Waals surface area contributed by atoms with Gasteiger partial charge in [0.05, 0.1) is 26.4 Å². The lowest BCUT2D eigenvalue weighted by Gasteiger charge is -2.62. The summed E-state index contributed by atoms with van der Waals surface area (Å²) in [6.45, 7) is 10.0. The van der Waals surface area contributed by atoms with Crippen LogP contribution in [0, 0.1) is 29.1 Å². The van der Waals surface area contributed by atoms with Crippen LogP contribution in [-0.4, -0.2) is 124 Å². The summed E-state index contributed by atoms with van der Waals surface area (Å²) < 4.78 is 6.15. The average molecular weight is 825 g/mol. The number of hydrogen-bond acceptors (Lipinski definition) is 10. The number of nitrogens with one attached hydrogen (secondary N) is 2. The topological polar surface area (TPSA) is 130 Å². The first-order valence-electron chi connectivity index (χ1n) is 21.8. The Balaban J connectivity index is 1.15. The molecule has 5 aliphatic rings. The van der Waals surface area contributed by atoms with Gasteiger partial charge in [0.15, 0.2) is 0 Å². The fourth-order valence-corrected chi connectivity index (χ4v) is 11.1. The van der Waals surface area contributed by atoms with Gasteiger partial charge in [-0.1, -0.05) is 57.2 Å². The second-order valence-corrected chi connectivity index (χ2v) is 19.2. The standard InChI is InChI=1S/C48H68N6O6/c1-28-39-22-34(48(39,3)4)23-40(28)50-47(58)44-43(29(2)56)42(27-55)60-54(44)25-30-14-13-16-38(45(30)59-10)31-18-32(21-36(20-31)52(7)8)46(57)49-35(26-51(5)6)19-33-24-53(9)41-17-12-11-15-37(33)41/h11-18,20-21,28-29,33-35,39-40,42-44,55-56H,19,22-27H2,1-10H3,(H,49,57)(H,50,58)/t28-,29-,33?,34+,35+,39-,40-,42-,43-,44-/m0/s1. The van der Waals surface area contributed by atoms with Crippen molar-refractivity contribution in [1.29, 1.82) is 0 Å². The van der Waals surface area contributed by atoms with Crippen LogP contribution >= 0.6 is 0 Å². The molecule has 0 aromatic heterocycles. The molecule has 3 aromatic rings. The molecule has 8 rings (SSSR count). The van der Waals surface area contributed by atoms with Gasteiger partial charge in [-0.25, -0.2) is 0 Å². The van der Waals surface area contributed by atoms with E-state index in [1.165, 1.54) is 17.7 Å². The van der Waals surface area contributed by atoms with E-state index >= 15 is 0 Å². The number of aliphatic hydroxyl groups excluding tert-OH is 2. The van der Waals surface area contributed by atoms with Gasteiger partial charge >= 0.3 is 0 Å². The molecule has 326 valence electrons. The first kappa shape index (κ1) is 43.9. The molecule has 1 saturated heterocycles. The first-order valence-corrected chi connectivity index (χ1v) is 21.8. The molecular weight excluding hydrogens is 757 g/mol. The van der Waals surface area contributed by atoms with Gasteiger partial charge in [0.2, 0.25) is 5.91 Å². The highest BCUT2D eigenvalue weighted by molar-refractivity contribution is 5.97. The van der Waals surface area contributed by atoms with Crippen LogP contribution in [0.4, 0.5) is 11.4 Å². The zero-order valence-electron chi connectivity index (χ0n) is 37.3. The molecule has 4 fully saturated rings. The lowest BCUT2D eigenvalue weighted by Crippen LogP contribution is -2.62. The number of anilines is 2. The molecule has 0 spiro atoms. The van der Waals surface area contributed by atoms with Crippen LogP contribution in [0.1, 0.15) is 74.4 Å². The van der Waals surface area contributed by atoms with E-state index in [-0.39, 0.29) is 42.5 Å². The van der Waals surface area contributed by atoms with Crippen LogP contribution in [-0.2, 0) is 16.2 Å². The Morgan fingerprint density at radius 2 is 1.80 bits per heavy atom. The number of methoxy groups -OCH3 is 1. The Bertz CT molecular complexity index is 2020. The second kappa shape index (κ2) is 17.6. The summed E-state index contributed by atoms with van der Waals surface area (Å²) in [5.74, 6) is 1.34. The highest BCUT2D eigenvalue weighted by atomic mass is 16.7. The molecule has 3 saturated carbocycles. The van der Waals surface area contributed by atoms with Gasteiger partial charge in [-0.05, 0) is 98.8 Å². The number of nitrogens with zero attached hydrogens (tertiary/aromatic N) is 4. The van der Waals surface area contributed by atoms with E-state index in [1.807, 2.05) is 69.5 Å². The SMILES string of the molecule is COc1c(CN2O[C@@H](CO)[C@H]([C@H](C)O)[C@H]2C(=O)N[C@H]2C[C@H]3C[C@@H]([C@@H]2C)C3(C)C)cccc1-c1cc(C(=O)N[C@H](CC2CN(C)c3ccccc32)CN(C)C)cc(N(C)C)c1. The lowest BCUT2D eigenvalue weighted by atomic mass is 9.45.